The number of para-hydroxylation sites is 1. The molecule has 1 aromatic carbocycles. The van der Waals surface area contributed by atoms with Crippen molar-refractivity contribution < 1.29 is 9.52 Å². The molecule has 28 heavy (non-hydrogen) atoms. The Morgan fingerprint density at radius 2 is 2.00 bits per heavy atom. The smallest absolute Gasteiger partial charge is 0.191 e. The number of furan rings is 1. The van der Waals surface area contributed by atoms with E-state index >= 15 is 0 Å². The third-order valence-electron chi connectivity index (χ3n) is 4.71. The van der Waals surface area contributed by atoms with Gasteiger partial charge in [-0.3, -0.25) is 4.98 Å². The zero-order valence-electron chi connectivity index (χ0n) is 16.9. The molecule has 0 aliphatic carbocycles. The molecule has 2 aromatic heterocycles. The van der Waals surface area contributed by atoms with Crippen LogP contribution >= 0.6 is 0 Å². The number of hydrogen-bond acceptors (Lipinski definition) is 4. The molecule has 148 valence electrons. The van der Waals surface area contributed by atoms with E-state index in [0.717, 1.165) is 40.1 Å². The van der Waals surface area contributed by atoms with Gasteiger partial charge in [0.05, 0.1) is 18.6 Å². The lowest BCUT2D eigenvalue weighted by Crippen LogP contribution is -2.44. The SMILES string of the molecule is CCNC(=NCc1ccnc2ccccc12)NCC(C)(O)c1cc(C)oc1C. The van der Waals surface area contributed by atoms with Gasteiger partial charge in [-0.05, 0) is 51.5 Å². The molecule has 6 nitrogen and oxygen atoms in total. The van der Waals surface area contributed by atoms with Crippen molar-refractivity contribution in [3.05, 3.63) is 65.2 Å². The number of aliphatic hydroxyl groups is 1. The van der Waals surface area contributed by atoms with E-state index in [0.29, 0.717) is 19.0 Å². The van der Waals surface area contributed by atoms with Crippen LogP contribution in [-0.2, 0) is 12.1 Å². The number of nitrogens with one attached hydrogen (secondary N) is 2. The Morgan fingerprint density at radius 3 is 2.71 bits per heavy atom. The lowest BCUT2D eigenvalue weighted by atomic mass is 9.96. The lowest BCUT2D eigenvalue weighted by molar-refractivity contribution is 0.0601. The number of aryl methyl sites for hydroxylation is 2. The highest BCUT2D eigenvalue weighted by Gasteiger charge is 2.27. The fourth-order valence-electron chi connectivity index (χ4n) is 3.32. The van der Waals surface area contributed by atoms with Crippen molar-refractivity contribution in [3.63, 3.8) is 0 Å². The van der Waals surface area contributed by atoms with Crippen LogP contribution in [-0.4, -0.2) is 29.1 Å². The maximum absolute atomic E-state index is 10.9. The van der Waals surface area contributed by atoms with Gasteiger partial charge in [0.2, 0.25) is 0 Å². The second-order valence-corrected chi connectivity index (χ2v) is 7.14. The van der Waals surface area contributed by atoms with Gasteiger partial charge in [0.25, 0.3) is 0 Å². The second kappa shape index (κ2) is 8.44. The zero-order valence-corrected chi connectivity index (χ0v) is 16.9. The van der Waals surface area contributed by atoms with Crippen LogP contribution in [0.5, 0.6) is 0 Å². The molecule has 0 aliphatic rings. The summed E-state index contributed by atoms with van der Waals surface area (Å²) in [6.07, 6.45) is 1.81. The van der Waals surface area contributed by atoms with Crippen LogP contribution in [0, 0.1) is 13.8 Å². The van der Waals surface area contributed by atoms with Gasteiger partial charge >= 0.3 is 0 Å². The van der Waals surface area contributed by atoms with E-state index < -0.39 is 5.60 Å². The third-order valence-corrected chi connectivity index (χ3v) is 4.71. The largest absolute Gasteiger partial charge is 0.466 e. The first-order valence-corrected chi connectivity index (χ1v) is 9.55. The average molecular weight is 380 g/mol. The van der Waals surface area contributed by atoms with E-state index in [2.05, 4.69) is 21.7 Å². The van der Waals surface area contributed by atoms with Crippen molar-refractivity contribution >= 4 is 16.9 Å². The minimum atomic E-state index is -1.07. The summed E-state index contributed by atoms with van der Waals surface area (Å²) in [5, 5.41) is 18.5. The molecule has 1 unspecified atom stereocenters. The van der Waals surface area contributed by atoms with Gasteiger partial charge in [-0.2, -0.15) is 0 Å². The fourth-order valence-corrected chi connectivity index (χ4v) is 3.32. The van der Waals surface area contributed by atoms with Crippen molar-refractivity contribution in [2.45, 2.75) is 39.8 Å². The number of pyridine rings is 1. The van der Waals surface area contributed by atoms with Gasteiger partial charge in [0.1, 0.15) is 17.1 Å². The standard InChI is InChI=1S/C22H28N4O2/c1-5-23-21(26-14-22(4,27)19-12-15(2)28-16(19)3)25-13-17-10-11-24-20-9-7-6-8-18(17)20/h6-12,27H,5,13-14H2,1-4H3,(H2,23,25,26). The molecule has 0 aliphatic heterocycles. The first kappa shape index (κ1) is 19.9. The summed E-state index contributed by atoms with van der Waals surface area (Å²) in [4.78, 5) is 9.09. The summed E-state index contributed by atoms with van der Waals surface area (Å²) >= 11 is 0. The Bertz CT molecular complexity index is 970. The molecule has 0 amide bonds. The summed E-state index contributed by atoms with van der Waals surface area (Å²) in [7, 11) is 0. The Balaban J connectivity index is 1.75. The highest BCUT2D eigenvalue weighted by atomic mass is 16.3. The monoisotopic (exact) mass is 380 g/mol. The minimum absolute atomic E-state index is 0.315. The van der Waals surface area contributed by atoms with Crippen molar-refractivity contribution in [2.75, 3.05) is 13.1 Å². The summed E-state index contributed by atoms with van der Waals surface area (Å²) in [5.41, 5.74) is 1.78. The van der Waals surface area contributed by atoms with Crippen LogP contribution in [0.2, 0.25) is 0 Å². The number of aliphatic imine (C=N–C) groups is 1. The Labute approximate surface area is 165 Å². The van der Waals surface area contributed by atoms with Gasteiger partial charge in [-0.25, -0.2) is 4.99 Å². The van der Waals surface area contributed by atoms with Crippen LogP contribution < -0.4 is 10.6 Å². The Hall–Kier alpha value is -2.86. The predicted octanol–water partition coefficient (Wildman–Crippen LogP) is 3.41. The number of hydrogen-bond donors (Lipinski definition) is 3. The fraction of sp³-hybridized carbons (Fsp3) is 0.364. The summed E-state index contributed by atoms with van der Waals surface area (Å²) < 4.78 is 5.56. The molecule has 0 fully saturated rings. The number of benzene rings is 1. The summed E-state index contributed by atoms with van der Waals surface area (Å²) in [6.45, 7) is 9.10. The van der Waals surface area contributed by atoms with E-state index in [4.69, 9.17) is 9.41 Å². The van der Waals surface area contributed by atoms with Crippen molar-refractivity contribution in [2.24, 2.45) is 4.99 Å². The normalized spacial score (nSPS) is 14.1. The molecule has 0 radical (unpaired) electrons. The molecule has 0 spiro atoms. The summed E-state index contributed by atoms with van der Waals surface area (Å²) in [6, 6.07) is 11.9. The van der Waals surface area contributed by atoms with Crippen molar-refractivity contribution in [3.8, 4) is 0 Å². The number of fused-ring (bicyclic) bond motifs is 1. The molecular weight excluding hydrogens is 352 g/mol. The Morgan fingerprint density at radius 1 is 1.21 bits per heavy atom. The van der Waals surface area contributed by atoms with E-state index in [1.54, 1.807) is 6.92 Å². The molecule has 3 rings (SSSR count). The quantitative estimate of drug-likeness (QED) is 0.451. The first-order valence-electron chi connectivity index (χ1n) is 9.55. The van der Waals surface area contributed by atoms with Crippen LogP contribution in [0.1, 0.15) is 36.5 Å². The first-order chi connectivity index (χ1) is 13.4. The number of nitrogens with zero attached hydrogens (tertiary/aromatic N) is 2. The molecular formula is C22H28N4O2. The highest BCUT2D eigenvalue weighted by Crippen LogP contribution is 2.26. The molecule has 6 heteroatoms. The zero-order chi connectivity index (χ0) is 20.1. The van der Waals surface area contributed by atoms with E-state index in [1.165, 1.54) is 0 Å². The van der Waals surface area contributed by atoms with Crippen LogP contribution in [0.4, 0.5) is 0 Å². The minimum Gasteiger partial charge on any atom is -0.466 e. The third kappa shape index (κ3) is 4.51. The molecule has 0 bridgehead atoms. The summed E-state index contributed by atoms with van der Waals surface area (Å²) in [5.74, 6) is 2.17. The van der Waals surface area contributed by atoms with Gasteiger partial charge in [0, 0.05) is 23.7 Å². The molecule has 2 heterocycles. The van der Waals surface area contributed by atoms with Gasteiger partial charge in [0.15, 0.2) is 5.96 Å². The molecule has 3 N–H and O–H groups in total. The van der Waals surface area contributed by atoms with Gasteiger partial charge in [-0.1, -0.05) is 18.2 Å². The topological polar surface area (TPSA) is 82.7 Å². The van der Waals surface area contributed by atoms with E-state index in [9.17, 15) is 5.11 Å². The highest BCUT2D eigenvalue weighted by molar-refractivity contribution is 5.83. The average Bonchev–Trinajstić information content (AvgIpc) is 3.03. The maximum Gasteiger partial charge on any atom is 0.191 e. The van der Waals surface area contributed by atoms with E-state index in [-0.39, 0.29) is 0 Å². The maximum atomic E-state index is 10.9. The molecule has 0 saturated heterocycles. The number of guanidine groups is 1. The second-order valence-electron chi connectivity index (χ2n) is 7.14. The predicted molar refractivity (Wildman–Crippen MR) is 112 cm³/mol. The van der Waals surface area contributed by atoms with Crippen molar-refractivity contribution in [1.29, 1.82) is 0 Å². The molecule has 3 aromatic rings. The van der Waals surface area contributed by atoms with Crippen LogP contribution in [0.25, 0.3) is 10.9 Å². The van der Waals surface area contributed by atoms with Crippen LogP contribution in [0.15, 0.2) is 52.0 Å². The molecule has 0 saturated carbocycles. The van der Waals surface area contributed by atoms with E-state index in [1.807, 2.05) is 57.3 Å². The lowest BCUT2D eigenvalue weighted by Gasteiger charge is -2.24. The van der Waals surface area contributed by atoms with Gasteiger partial charge in [-0.15, -0.1) is 0 Å². The number of aromatic nitrogens is 1. The van der Waals surface area contributed by atoms with Crippen LogP contribution in [0.3, 0.4) is 0 Å². The number of rotatable bonds is 6. The van der Waals surface area contributed by atoms with Crippen molar-refractivity contribution in [1.82, 2.24) is 15.6 Å². The molecule has 1 atom stereocenters. The Kier molecular flexibility index (Phi) is 5.99. The van der Waals surface area contributed by atoms with Gasteiger partial charge < -0.3 is 20.2 Å².